The third kappa shape index (κ3) is 14.6. The second-order valence-electron chi connectivity index (χ2n) is 16.4. The van der Waals surface area contributed by atoms with Crippen LogP contribution in [0.2, 0.25) is 0 Å². The van der Waals surface area contributed by atoms with E-state index in [1.54, 1.807) is 12.1 Å². The van der Waals surface area contributed by atoms with Crippen molar-refractivity contribution >= 4 is 46.5 Å². The third-order valence-corrected chi connectivity index (χ3v) is 13.7. The molecule has 0 aromatic heterocycles. The van der Waals surface area contributed by atoms with Crippen LogP contribution in [0.15, 0.2) is 92.4 Å². The van der Waals surface area contributed by atoms with E-state index in [0.717, 1.165) is 34.1 Å². The highest BCUT2D eigenvalue weighted by molar-refractivity contribution is 8.00. The maximum Gasteiger partial charge on any atom is 0.196 e. The van der Waals surface area contributed by atoms with Crippen LogP contribution in [-0.4, -0.2) is 24.8 Å². The van der Waals surface area contributed by atoms with Gasteiger partial charge in [-0.2, -0.15) is 0 Å². The summed E-state index contributed by atoms with van der Waals surface area (Å²) in [7, 11) is 0. The van der Waals surface area contributed by atoms with Crippen molar-refractivity contribution in [3.8, 4) is 11.5 Å². The van der Waals surface area contributed by atoms with Crippen molar-refractivity contribution in [2.75, 3.05) is 24.7 Å². The van der Waals surface area contributed by atoms with Gasteiger partial charge in [-0.15, -0.1) is 0 Å². The van der Waals surface area contributed by atoms with Gasteiger partial charge in [-0.25, -0.2) is 0 Å². The lowest BCUT2D eigenvalue weighted by atomic mass is 9.84. The van der Waals surface area contributed by atoms with Crippen molar-refractivity contribution in [1.82, 2.24) is 0 Å². The van der Waals surface area contributed by atoms with E-state index in [-0.39, 0.29) is 11.6 Å². The minimum Gasteiger partial charge on any atom is -0.494 e. The van der Waals surface area contributed by atoms with Gasteiger partial charge in [0.15, 0.2) is 11.6 Å². The summed E-state index contributed by atoms with van der Waals surface area (Å²) in [6.45, 7) is 5.85. The molecule has 0 bridgehead atoms. The molecule has 1 aliphatic rings. The molecule has 0 unspecified atom stereocenters. The first kappa shape index (κ1) is 47.2. The van der Waals surface area contributed by atoms with Crippen LogP contribution >= 0.6 is 23.5 Å². The Balaban J connectivity index is 1.12. The summed E-state index contributed by atoms with van der Waals surface area (Å²) in [5.41, 5.74) is 15.9. The Bertz CT molecular complexity index is 1810. The predicted octanol–water partition coefficient (Wildman–Crippen LogP) is 15.3. The van der Waals surface area contributed by atoms with Gasteiger partial charge in [-0.1, -0.05) is 190 Å². The van der Waals surface area contributed by atoms with Crippen molar-refractivity contribution in [3.05, 3.63) is 95.1 Å². The number of fused-ring (bicyclic) bond motifs is 2. The maximum atomic E-state index is 14.5. The van der Waals surface area contributed by atoms with Gasteiger partial charge < -0.3 is 20.9 Å². The van der Waals surface area contributed by atoms with Gasteiger partial charge in [-0.3, -0.25) is 9.59 Å². The quantitative estimate of drug-likeness (QED) is 0.0348. The molecule has 324 valence electrons. The Morgan fingerprint density at radius 1 is 0.417 bits per heavy atom. The van der Waals surface area contributed by atoms with E-state index >= 15 is 0 Å². The van der Waals surface area contributed by atoms with E-state index in [2.05, 4.69) is 13.8 Å². The second kappa shape index (κ2) is 26.5. The lowest BCUT2D eigenvalue weighted by Gasteiger charge is -2.22. The predicted molar refractivity (Wildman–Crippen MR) is 254 cm³/mol. The highest BCUT2D eigenvalue weighted by Crippen LogP contribution is 2.44. The van der Waals surface area contributed by atoms with E-state index < -0.39 is 0 Å². The number of ether oxygens (including phenoxy) is 2. The summed E-state index contributed by atoms with van der Waals surface area (Å²) in [5, 5.41) is 0. The van der Waals surface area contributed by atoms with Crippen molar-refractivity contribution in [1.29, 1.82) is 0 Å². The molecule has 0 saturated carbocycles. The van der Waals surface area contributed by atoms with Crippen LogP contribution in [0.5, 0.6) is 11.5 Å². The summed E-state index contributed by atoms with van der Waals surface area (Å²) in [6.07, 6.45) is 28.5. The minimum absolute atomic E-state index is 0.164. The summed E-state index contributed by atoms with van der Waals surface area (Å²) < 4.78 is 12.1. The molecule has 60 heavy (non-hydrogen) atoms. The maximum absolute atomic E-state index is 14.5. The Hall–Kier alpha value is -3.88. The van der Waals surface area contributed by atoms with Gasteiger partial charge in [-0.05, 0) is 49.2 Å². The molecule has 0 fully saturated rings. The number of unbranched alkanes of at least 4 members (excludes halogenated alkanes) is 20. The average molecular weight is 851 g/mol. The molecule has 0 spiro atoms. The van der Waals surface area contributed by atoms with Gasteiger partial charge in [0.1, 0.15) is 11.5 Å². The fourth-order valence-electron chi connectivity index (χ4n) is 7.92. The van der Waals surface area contributed by atoms with Gasteiger partial charge in [0.2, 0.25) is 0 Å². The summed E-state index contributed by atoms with van der Waals surface area (Å²) in [5.74, 6) is 1.14. The molecule has 0 amide bonds. The Morgan fingerprint density at radius 3 is 1.12 bits per heavy atom. The highest BCUT2D eigenvalue weighted by Gasteiger charge is 2.34. The Kier molecular flexibility index (Phi) is 20.8. The number of carbonyl (C=O) groups is 2. The van der Waals surface area contributed by atoms with Crippen LogP contribution in [0.4, 0.5) is 11.4 Å². The van der Waals surface area contributed by atoms with E-state index in [1.807, 2.05) is 60.7 Å². The topological polar surface area (TPSA) is 105 Å². The van der Waals surface area contributed by atoms with Crippen LogP contribution < -0.4 is 20.9 Å². The molecule has 4 aromatic rings. The normalized spacial score (nSPS) is 12.1. The highest BCUT2D eigenvalue weighted by atomic mass is 32.2. The summed E-state index contributed by atoms with van der Waals surface area (Å²) in [4.78, 5) is 31.4. The smallest absolute Gasteiger partial charge is 0.196 e. The Labute approximate surface area is 369 Å². The fraction of sp³-hybridized carbons (Fsp3) is 0.500. The van der Waals surface area contributed by atoms with Gasteiger partial charge >= 0.3 is 0 Å². The molecule has 0 heterocycles. The summed E-state index contributed by atoms with van der Waals surface area (Å²) in [6, 6.07) is 22.4. The lowest BCUT2D eigenvalue weighted by molar-refractivity contribution is 0.0974. The lowest BCUT2D eigenvalue weighted by Crippen LogP contribution is -2.22. The summed E-state index contributed by atoms with van der Waals surface area (Å²) >= 11 is 2.80. The van der Waals surface area contributed by atoms with E-state index in [0.29, 0.717) is 56.6 Å². The van der Waals surface area contributed by atoms with Crippen molar-refractivity contribution in [2.45, 2.75) is 175 Å². The second-order valence-corrected chi connectivity index (χ2v) is 18.6. The van der Waals surface area contributed by atoms with E-state index in [9.17, 15) is 9.59 Å². The molecule has 4 aromatic carbocycles. The van der Waals surface area contributed by atoms with Crippen LogP contribution in [0.3, 0.4) is 0 Å². The van der Waals surface area contributed by atoms with Gasteiger partial charge in [0.25, 0.3) is 0 Å². The zero-order valence-electron chi connectivity index (χ0n) is 36.5. The van der Waals surface area contributed by atoms with Gasteiger partial charge in [0.05, 0.1) is 13.2 Å². The third-order valence-electron chi connectivity index (χ3n) is 11.4. The van der Waals surface area contributed by atoms with Crippen molar-refractivity contribution < 1.29 is 19.1 Å². The number of hydrogen-bond donors (Lipinski definition) is 2. The number of rotatable bonds is 30. The fourth-order valence-corrected chi connectivity index (χ4v) is 9.92. The van der Waals surface area contributed by atoms with Crippen molar-refractivity contribution in [3.63, 3.8) is 0 Å². The minimum atomic E-state index is -0.179. The Morgan fingerprint density at radius 2 is 0.767 bits per heavy atom. The zero-order valence-corrected chi connectivity index (χ0v) is 38.1. The number of hydrogen-bond acceptors (Lipinski definition) is 8. The molecular formula is C52H70N2O4S2. The molecule has 0 aliphatic heterocycles. The first-order valence-electron chi connectivity index (χ1n) is 23.2. The number of ketones is 2. The molecule has 0 saturated heterocycles. The molecule has 1 aliphatic carbocycles. The number of carbonyl (C=O) groups excluding carboxylic acids is 2. The van der Waals surface area contributed by atoms with Crippen molar-refractivity contribution in [2.24, 2.45) is 0 Å². The number of benzene rings is 4. The van der Waals surface area contributed by atoms with E-state index in [4.69, 9.17) is 20.9 Å². The molecule has 0 radical (unpaired) electrons. The molecule has 5 rings (SSSR count). The molecule has 0 atom stereocenters. The van der Waals surface area contributed by atoms with Crippen LogP contribution in [-0.2, 0) is 0 Å². The monoisotopic (exact) mass is 850 g/mol. The number of nitrogens with two attached hydrogens (primary N) is 2. The molecular weight excluding hydrogens is 781 g/mol. The van der Waals surface area contributed by atoms with Crippen LogP contribution in [0.1, 0.15) is 187 Å². The van der Waals surface area contributed by atoms with Gasteiger partial charge in [0, 0.05) is 65.3 Å². The van der Waals surface area contributed by atoms with E-state index in [1.165, 1.54) is 152 Å². The average Bonchev–Trinajstić information content (AvgIpc) is 3.25. The standard InChI is InChI=1S/C52H70N2O4S2/c1-3-5-7-9-11-13-15-17-19-21-23-35-57-39-31-33-45(43(53)37-39)59-47-29-25-27-41-49(47)52(56)50-42(51(41)55)28-26-30-48(50)60-46-34-32-40(38-44(46)54)58-36-24-22-20-18-16-14-12-10-8-6-4-2/h25-34,37-38H,3-24,35-36,53-54H2,1-2H3. The van der Waals surface area contributed by atoms with Crippen LogP contribution in [0, 0.1) is 0 Å². The van der Waals surface area contributed by atoms with Crippen LogP contribution in [0.25, 0.3) is 0 Å². The largest absolute Gasteiger partial charge is 0.494 e. The first-order valence-corrected chi connectivity index (χ1v) is 24.8. The SMILES string of the molecule is CCCCCCCCCCCCCOc1ccc(Sc2cccc3c2C(=O)c2c(Sc4ccc(OCCCCCCCCCCCCC)cc4N)cccc2C3=O)c(N)c1. The number of nitrogen functional groups attached to an aromatic ring is 2. The zero-order chi connectivity index (χ0) is 42.4. The number of anilines is 2. The molecule has 6 nitrogen and oxygen atoms in total. The molecule has 8 heteroatoms. The molecule has 4 N–H and O–H groups in total. The first-order chi connectivity index (χ1) is 29.4.